The lowest BCUT2D eigenvalue weighted by molar-refractivity contribution is 0.415. The van der Waals surface area contributed by atoms with Crippen molar-refractivity contribution in [3.05, 3.63) is 42.1 Å². The molecule has 0 unspecified atom stereocenters. The molecule has 6 heteroatoms. The van der Waals surface area contributed by atoms with Gasteiger partial charge in [0.1, 0.15) is 22.5 Å². The van der Waals surface area contributed by atoms with Crippen LogP contribution < -0.4 is 4.74 Å². The maximum atomic E-state index is 8.84. The Bertz CT molecular complexity index is 806. The zero-order valence-corrected chi connectivity index (χ0v) is 11.4. The highest BCUT2D eigenvalue weighted by Crippen LogP contribution is 2.27. The van der Waals surface area contributed by atoms with E-state index in [4.69, 9.17) is 10.00 Å². The molecule has 0 saturated carbocycles. The second kappa shape index (κ2) is 5.23. The Morgan fingerprint density at radius 1 is 1.25 bits per heavy atom. The minimum Gasteiger partial charge on any atom is -0.497 e. The number of H-pyrrole nitrogens is 1. The SMILES string of the molecule is COc1ccc2nc(Sc3cccc(C#N)n3)[nH]c2c1. The summed E-state index contributed by atoms with van der Waals surface area (Å²) in [5.74, 6) is 0.780. The van der Waals surface area contributed by atoms with Crippen LogP contribution in [0.2, 0.25) is 0 Å². The van der Waals surface area contributed by atoms with Crippen LogP contribution >= 0.6 is 11.8 Å². The monoisotopic (exact) mass is 282 g/mol. The van der Waals surface area contributed by atoms with E-state index in [-0.39, 0.29) is 0 Å². The number of nitrogens with zero attached hydrogens (tertiary/aromatic N) is 3. The summed E-state index contributed by atoms with van der Waals surface area (Å²) in [4.78, 5) is 11.9. The molecular formula is C14H10N4OS. The maximum absolute atomic E-state index is 8.84. The summed E-state index contributed by atoms with van der Waals surface area (Å²) in [6.45, 7) is 0. The lowest BCUT2D eigenvalue weighted by atomic mass is 10.3. The molecule has 2 aromatic heterocycles. The number of imidazole rings is 1. The standard InChI is InChI=1S/C14H10N4OS/c1-19-10-5-6-11-12(7-10)18-14(17-11)20-13-4-2-3-9(8-15)16-13/h2-7H,1H3,(H,17,18). The Kier molecular flexibility index (Phi) is 3.27. The largest absolute Gasteiger partial charge is 0.497 e. The number of aromatic nitrogens is 3. The number of aromatic amines is 1. The number of rotatable bonds is 3. The van der Waals surface area contributed by atoms with Crippen molar-refractivity contribution >= 4 is 22.8 Å². The fraction of sp³-hybridized carbons (Fsp3) is 0.0714. The first-order chi connectivity index (χ1) is 9.78. The summed E-state index contributed by atoms with van der Waals surface area (Å²) in [6, 6.07) is 13.0. The molecule has 0 fully saturated rings. The van der Waals surface area contributed by atoms with Crippen LogP contribution in [0, 0.1) is 11.3 Å². The van der Waals surface area contributed by atoms with E-state index in [0.29, 0.717) is 5.69 Å². The summed E-state index contributed by atoms with van der Waals surface area (Å²) in [6.07, 6.45) is 0. The molecule has 5 nitrogen and oxygen atoms in total. The highest BCUT2D eigenvalue weighted by Gasteiger charge is 2.07. The van der Waals surface area contributed by atoms with Crippen LogP contribution in [0.5, 0.6) is 5.75 Å². The van der Waals surface area contributed by atoms with E-state index in [0.717, 1.165) is 27.0 Å². The average Bonchev–Trinajstić information content (AvgIpc) is 2.88. The smallest absolute Gasteiger partial charge is 0.172 e. The van der Waals surface area contributed by atoms with Gasteiger partial charge in [0.2, 0.25) is 0 Å². The highest BCUT2D eigenvalue weighted by atomic mass is 32.2. The van der Waals surface area contributed by atoms with Gasteiger partial charge >= 0.3 is 0 Å². The highest BCUT2D eigenvalue weighted by molar-refractivity contribution is 7.99. The summed E-state index contributed by atoms with van der Waals surface area (Å²) in [7, 11) is 1.63. The molecule has 0 spiro atoms. The van der Waals surface area contributed by atoms with Gasteiger partial charge in [0.05, 0.1) is 18.1 Å². The van der Waals surface area contributed by atoms with Crippen LogP contribution in [-0.2, 0) is 0 Å². The molecule has 3 rings (SSSR count). The normalized spacial score (nSPS) is 10.4. The molecule has 0 amide bonds. The van der Waals surface area contributed by atoms with Crippen molar-refractivity contribution in [2.24, 2.45) is 0 Å². The molecule has 0 aliphatic heterocycles. The molecule has 98 valence electrons. The molecule has 0 bridgehead atoms. The van der Waals surface area contributed by atoms with E-state index in [2.05, 4.69) is 15.0 Å². The van der Waals surface area contributed by atoms with E-state index in [1.807, 2.05) is 30.3 Å². The fourth-order valence-corrected chi connectivity index (χ4v) is 2.57. The van der Waals surface area contributed by atoms with Crippen molar-refractivity contribution in [1.29, 1.82) is 5.26 Å². The van der Waals surface area contributed by atoms with Gasteiger partial charge in [0.15, 0.2) is 5.16 Å². The van der Waals surface area contributed by atoms with Crippen molar-refractivity contribution < 1.29 is 4.74 Å². The van der Waals surface area contributed by atoms with Crippen LogP contribution in [0.4, 0.5) is 0 Å². The molecule has 0 aliphatic carbocycles. The van der Waals surface area contributed by atoms with Gasteiger partial charge in [0.25, 0.3) is 0 Å². The molecule has 1 N–H and O–H groups in total. The molecule has 0 aliphatic rings. The van der Waals surface area contributed by atoms with Crippen molar-refractivity contribution in [2.75, 3.05) is 7.11 Å². The summed E-state index contributed by atoms with van der Waals surface area (Å²) >= 11 is 1.39. The molecule has 20 heavy (non-hydrogen) atoms. The Balaban J connectivity index is 1.92. The molecule has 3 aromatic rings. The van der Waals surface area contributed by atoms with Gasteiger partial charge in [-0.25, -0.2) is 9.97 Å². The number of methoxy groups -OCH3 is 1. The third-order valence-electron chi connectivity index (χ3n) is 2.71. The van der Waals surface area contributed by atoms with E-state index >= 15 is 0 Å². The zero-order chi connectivity index (χ0) is 13.9. The predicted octanol–water partition coefficient (Wildman–Crippen LogP) is 2.99. The summed E-state index contributed by atoms with van der Waals surface area (Å²) in [5.41, 5.74) is 2.17. The Morgan fingerprint density at radius 3 is 2.95 bits per heavy atom. The number of hydrogen-bond donors (Lipinski definition) is 1. The number of nitriles is 1. The van der Waals surface area contributed by atoms with E-state index < -0.39 is 0 Å². The molecule has 2 heterocycles. The molecular weight excluding hydrogens is 272 g/mol. The molecule has 0 saturated heterocycles. The number of benzene rings is 1. The number of fused-ring (bicyclic) bond motifs is 1. The van der Waals surface area contributed by atoms with Gasteiger partial charge < -0.3 is 9.72 Å². The first-order valence-corrected chi connectivity index (χ1v) is 6.69. The number of ether oxygens (including phenoxy) is 1. The van der Waals surface area contributed by atoms with Gasteiger partial charge in [-0.05, 0) is 36.0 Å². The lowest BCUT2D eigenvalue weighted by Gasteiger charge is -1.97. The van der Waals surface area contributed by atoms with Crippen molar-refractivity contribution in [3.8, 4) is 11.8 Å². The van der Waals surface area contributed by atoms with Crippen LogP contribution in [0.1, 0.15) is 5.69 Å². The van der Waals surface area contributed by atoms with E-state index in [9.17, 15) is 0 Å². The minimum absolute atomic E-state index is 0.396. The van der Waals surface area contributed by atoms with Gasteiger partial charge in [-0.2, -0.15) is 5.26 Å². The number of hydrogen-bond acceptors (Lipinski definition) is 5. The van der Waals surface area contributed by atoms with Crippen LogP contribution in [0.15, 0.2) is 46.6 Å². The first kappa shape index (κ1) is 12.5. The lowest BCUT2D eigenvalue weighted by Crippen LogP contribution is -1.85. The second-order valence-corrected chi connectivity index (χ2v) is 5.01. The van der Waals surface area contributed by atoms with Gasteiger partial charge in [-0.15, -0.1) is 0 Å². The molecule has 0 atom stereocenters. The predicted molar refractivity (Wildman–Crippen MR) is 75.7 cm³/mol. The second-order valence-electron chi connectivity index (χ2n) is 4.00. The van der Waals surface area contributed by atoms with E-state index in [1.165, 1.54) is 11.8 Å². The number of nitrogens with one attached hydrogen (secondary N) is 1. The first-order valence-electron chi connectivity index (χ1n) is 5.87. The zero-order valence-electron chi connectivity index (χ0n) is 10.6. The van der Waals surface area contributed by atoms with Crippen LogP contribution in [-0.4, -0.2) is 22.1 Å². The van der Waals surface area contributed by atoms with Gasteiger partial charge in [0, 0.05) is 6.07 Å². The quantitative estimate of drug-likeness (QED) is 0.799. The maximum Gasteiger partial charge on any atom is 0.172 e. The van der Waals surface area contributed by atoms with Crippen molar-refractivity contribution in [1.82, 2.24) is 15.0 Å². The Morgan fingerprint density at radius 2 is 2.15 bits per heavy atom. The molecule has 1 aromatic carbocycles. The number of pyridine rings is 1. The van der Waals surface area contributed by atoms with E-state index in [1.54, 1.807) is 19.2 Å². The molecule has 0 radical (unpaired) electrons. The Labute approximate surface area is 119 Å². The summed E-state index contributed by atoms with van der Waals surface area (Å²) in [5, 5.41) is 10.3. The van der Waals surface area contributed by atoms with Crippen LogP contribution in [0.3, 0.4) is 0 Å². The van der Waals surface area contributed by atoms with Gasteiger partial charge in [-0.1, -0.05) is 6.07 Å². The fourth-order valence-electron chi connectivity index (χ4n) is 1.77. The average molecular weight is 282 g/mol. The third kappa shape index (κ3) is 2.44. The summed E-state index contributed by atoms with van der Waals surface area (Å²) < 4.78 is 5.18. The van der Waals surface area contributed by atoms with Crippen molar-refractivity contribution in [2.45, 2.75) is 10.2 Å². The minimum atomic E-state index is 0.396. The third-order valence-corrected chi connectivity index (χ3v) is 3.53. The topological polar surface area (TPSA) is 74.6 Å². The van der Waals surface area contributed by atoms with Crippen LogP contribution in [0.25, 0.3) is 11.0 Å². The van der Waals surface area contributed by atoms with Crippen molar-refractivity contribution in [3.63, 3.8) is 0 Å². The van der Waals surface area contributed by atoms with Gasteiger partial charge in [-0.3, -0.25) is 0 Å². The Hall–Kier alpha value is -2.52.